The van der Waals surface area contributed by atoms with Crippen LogP contribution in [-0.2, 0) is 11.3 Å². The fourth-order valence-corrected chi connectivity index (χ4v) is 2.91. The molecule has 0 aliphatic heterocycles. The van der Waals surface area contributed by atoms with Crippen LogP contribution in [0.1, 0.15) is 24.8 Å². The van der Waals surface area contributed by atoms with Gasteiger partial charge in [-0.2, -0.15) is 5.10 Å². The standard InChI is InChI=1S/C16H18BrN3O/c1-11(10-20-8-2-7-18-20)19-16(21)15-9-14(15)12-3-5-13(17)6-4-12/h2-8,11,14-15H,9-10H2,1H3,(H,19,21). The van der Waals surface area contributed by atoms with E-state index >= 15 is 0 Å². The molecular formula is C16H18BrN3O. The number of carbonyl (C=O) groups excluding carboxylic acids is 1. The van der Waals surface area contributed by atoms with E-state index < -0.39 is 0 Å². The van der Waals surface area contributed by atoms with E-state index in [1.165, 1.54) is 5.56 Å². The Morgan fingerprint density at radius 3 is 2.90 bits per heavy atom. The maximum atomic E-state index is 12.2. The average Bonchev–Trinajstić information content (AvgIpc) is 3.10. The monoisotopic (exact) mass is 347 g/mol. The fourth-order valence-electron chi connectivity index (χ4n) is 2.65. The van der Waals surface area contributed by atoms with Crippen LogP contribution in [0.2, 0.25) is 0 Å². The van der Waals surface area contributed by atoms with E-state index in [2.05, 4.69) is 38.5 Å². The van der Waals surface area contributed by atoms with Gasteiger partial charge < -0.3 is 5.32 Å². The average molecular weight is 348 g/mol. The summed E-state index contributed by atoms with van der Waals surface area (Å²) in [6.07, 6.45) is 4.60. The lowest BCUT2D eigenvalue weighted by Gasteiger charge is -2.14. The number of nitrogens with one attached hydrogen (secondary N) is 1. The molecule has 0 bridgehead atoms. The largest absolute Gasteiger partial charge is 0.352 e. The van der Waals surface area contributed by atoms with Crippen LogP contribution < -0.4 is 5.32 Å². The van der Waals surface area contributed by atoms with Crippen molar-refractivity contribution in [1.29, 1.82) is 0 Å². The zero-order valence-electron chi connectivity index (χ0n) is 11.9. The normalized spacial score (nSPS) is 21.8. The first-order valence-electron chi connectivity index (χ1n) is 7.17. The van der Waals surface area contributed by atoms with Gasteiger partial charge in [0.05, 0.1) is 6.54 Å². The van der Waals surface area contributed by atoms with Crippen molar-refractivity contribution in [3.63, 3.8) is 0 Å². The number of aromatic nitrogens is 2. The summed E-state index contributed by atoms with van der Waals surface area (Å²) in [5.74, 6) is 0.642. The summed E-state index contributed by atoms with van der Waals surface area (Å²) in [6.45, 7) is 2.71. The Labute approximate surface area is 132 Å². The molecule has 3 atom stereocenters. The van der Waals surface area contributed by atoms with E-state index in [1.54, 1.807) is 6.20 Å². The molecule has 1 amide bonds. The van der Waals surface area contributed by atoms with E-state index in [-0.39, 0.29) is 17.9 Å². The number of hydrogen-bond acceptors (Lipinski definition) is 2. The molecule has 0 saturated heterocycles. The van der Waals surface area contributed by atoms with Crippen LogP contribution in [0.5, 0.6) is 0 Å². The van der Waals surface area contributed by atoms with Gasteiger partial charge in [0.2, 0.25) is 5.91 Å². The highest BCUT2D eigenvalue weighted by Gasteiger charge is 2.44. The van der Waals surface area contributed by atoms with Gasteiger partial charge in [-0.1, -0.05) is 28.1 Å². The van der Waals surface area contributed by atoms with E-state index in [4.69, 9.17) is 0 Å². The molecule has 1 aromatic carbocycles. The molecule has 4 nitrogen and oxygen atoms in total. The van der Waals surface area contributed by atoms with E-state index in [1.807, 2.05) is 36.0 Å². The highest BCUT2D eigenvalue weighted by Crippen LogP contribution is 2.47. The first kappa shape index (κ1) is 14.3. The zero-order chi connectivity index (χ0) is 14.8. The van der Waals surface area contributed by atoms with Gasteiger partial charge in [-0.15, -0.1) is 0 Å². The third-order valence-corrected chi connectivity index (χ3v) is 4.36. The Bertz CT molecular complexity index is 609. The van der Waals surface area contributed by atoms with Crippen LogP contribution in [0, 0.1) is 5.92 Å². The lowest BCUT2D eigenvalue weighted by Crippen LogP contribution is -2.37. The van der Waals surface area contributed by atoms with Crippen molar-refractivity contribution < 1.29 is 4.79 Å². The third kappa shape index (κ3) is 3.53. The molecule has 1 N–H and O–H groups in total. The lowest BCUT2D eigenvalue weighted by molar-refractivity contribution is -0.123. The fraction of sp³-hybridized carbons (Fsp3) is 0.375. The Morgan fingerprint density at radius 2 is 2.24 bits per heavy atom. The Kier molecular flexibility index (Phi) is 4.10. The Balaban J connectivity index is 1.52. The van der Waals surface area contributed by atoms with Crippen molar-refractivity contribution in [2.24, 2.45) is 5.92 Å². The van der Waals surface area contributed by atoms with Crippen LogP contribution in [-0.4, -0.2) is 21.7 Å². The molecule has 21 heavy (non-hydrogen) atoms. The first-order chi connectivity index (χ1) is 10.1. The molecular weight excluding hydrogens is 330 g/mol. The summed E-state index contributed by atoms with van der Waals surface area (Å²) in [4.78, 5) is 12.2. The van der Waals surface area contributed by atoms with Gasteiger partial charge >= 0.3 is 0 Å². The van der Waals surface area contributed by atoms with Crippen molar-refractivity contribution in [3.8, 4) is 0 Å². The lowest BCUT2D eigenvalue weighted by atomic mass is 10.1. The summed E-state index contributed by atoms with van der Waals surface area (Å²) in [7, 11) is 0. The van der Waals surface area contributed by atoms with Gasteiger partial charge in [0.15, 0.2) is 0 Å². The van der Waals surface area contributed by atoms with Crippen molar-refractivity contribution in [2.75, 3.05) is 0 Å². The first-order valence-corrected chi connectivity index (χ1v) is 7.96. The predicted molar refractivity (Wildman–Crippen MR) is 84.8 cm³/mol. The van der Waals surface area contributed by atoms with E-state index in [9.17, 15) is 4.79 Å². The predicted octanol–water partition coefficient (Wildman–Crippen LogP) is 2.95. The molecule has 3 rings (SSSR count). The molecule has 1 fully saturated rings. The number of amides is 1. The Hall–Kier alpha value is -1.62. The van der Waals surface area contributed by atoms with Crippen molar-refractivity contribution in [1.82, 2.24) is 15.1 Å². The number of hydrogen-bond donors (Lipinski definition) is 1. The van der Waals surface area contributed by atoms with Crippen LogP contribution in [0.15, 0.2) is 47.2 Å². The van der Waals surface area contributed by atoms with Crippen molar-refractivity contribution >= 4 is 21.8 Å². The molecule has 1 aliphatic carbocycles. The molecule has 110 valence electrons. The second-order valence-corrected chi connectivity index (χ2v) is 6.55. The molecule has 1 aromatic heterocycles. The minimum Gasteiger partial charge on any atom is -0.352 e. The molecule has 3 unspecified atom stereocenters. The van der Waals surface area contributed by atoms with Crippen LogP contribution in [0.25, 0.3) is 0 Å². The number of carbonyl (C=O) groups is 1. The van der Waals surface area contributed by atoms with Crippen molar-refractivity contribution in [2.45, 2.75) is 31.8 Å². The third-order valence-electron chi connectivity index (χ3n) is 3.83. The Morgan fingerprint density at radius 1 is 1.48 bits per heavy atom. The SMILES string of the molecule is CC(Cn1cccn1)NC(=O)C1CC1c1ccc(Br)cc1. The molecule has 0 spiro atoms. The van der Waals surface area contributed by atoms with Crippen LogP contribution in [0.3, 0.4) is 0 Å². The van der Waals surface area contributed by atoms with Gasteiger partial charge in [0.1, 0.15) is 0 Å². The maximum Gasteiger partial charge on any atom is 0.224 e. The van der Waals surface area contributed by atoms with Gasteiger partial charge in [0.25, 0.3) is 0 Å². The summed E-state index contributed by atoms with van der Waals surface area (Å²) < 4.78 is 2.91. The summed E-state index contributed by atoms with van der Waals surface area (Å²) in [6, 6.07) is 10.2. The molecule has 0 radical (unpaired) electrons. The highest BCUT2D eigenvalue weighted by molar-refractivity contribution is 9.10. The molecule has 1 heterocycles. The summed E-state index contributed by atoms with van der Waals surface area (Å²) >= 11 is 3.43. The molecule has 2 aromatic rings. The number of nitrogens with zero attached hydrogens (tertiary/aromatic N) is 2. The highest BCUT2D eigenvalue weighted by atomic mass is 79.9. The van der Waals surface area contributed by atoms with Gasteiger partial charge in [-0.3, -0.25) is 9.48 Å². The smallest absolute Gasteiger partial charge is 0.224 e. The van der Waals surface area contributed by atoms with E-state index in [0.717, 1.165) is 10.9 Å². The van der Waals surface area contributed by atoms with Crippen LogP contribution in [0.4, 0.5) is 0 Å². The molecule has 1 aliphatic rings. The number of benzene rings is 1. The number of halogens is 1. The van der Waals surface area contributed by atoms with Crippen LogP contribution >= 0.6 is 15.9 Å². The maximum absolute atomic E-state index is 12.2. The molecule has 5 heteroatoms. The zero-order valence-corrected chi connectivity index (χ0v) is 13.5. The van der Waals surface area contributed by atoms with Gasteiger partial charge in [0, 0.05) is 28.8 Å². The number of rotatable bonds is 5. The topological polar surface area (TPSA) is 46.9 Å². The minimum atomic E-state index is 0.0866. The van der Waals surface area contributed by atoms with E-state index in [0.29, 0.717) is 12.5 Å². The second-order valence-electron chi connectivity index (χ2n) is 5.64. The summed E-state index contributed by atoms with van der Waals surface area (Å²) in [5, 5.41) is 7.24. The summed E-state index contributed by atoms with van der Waals surface area (Å²) in [5.41, 5.74) is 1.25. The quantitative estimate of drug-likeness (QED) is 0.903. The van der Waals surface area contributed by atoms with Gasteiger partial charge in [-0.25, -0.2) is 0 Å². The van der Waals surface area contributed by atoms with Gasteiger partial charge in [-0.05, 0) is 43.0 Å². The second kappa shape index (κ2) is 6.02. The molecule has 1 saturated carbocycles. The minimum absolute atomic E-state index is 0.0866. The van der Waals surface area contributed by atoms with Crippen molar-refractivity contribution in [3.05, 3.63) is 52.8 Å².